The lowest BCUT2D eigenvalue weighted by atomic mass is 10.1. The van der Waals surface area contributed by atoms with Gasteiger partial charge in [-0.05, 0) is 25.1 Å². The second-order valence-corrected chi connectivity index (χ2v) is 5.41. The highest BCUT2D eigenvalue weighted by Crippen LogP contribution is 2.29. The molecule has 0 heterocycles. The number of rotatable bonds is 4. The fourth-order valence-corrected chi connectivity index (χ4v) is 2.36. The molecule has 2 aromatic rings. The monoisotopic (exact) mass is 359 g/mol. The molecule has 0 aliphatic heterocycles. The second kappa shape index (κ2) is 6.39. The number of ether oxygens (including phenoxy) is 1. The first-order chi connectivity index (χ1) is 9.92. The number of hydrogen-bond acceptors (Lipinski definition) is 2. The van der Waals surface area contributed by atoms with Gasteiger partial charge >= 0.3 is 0 Å². The minimum absolute atomic E-state index is 0.289. The van der Waals surface area contributed by atoms with Crippen LogP contribution >= 0.6 is 15.9 Å². The first-order valence-electron chi connectivity index (χ1n) is 6.17. The Bertz CT molecular complexity index is 640. The van der Waals surface area contributed by atoms with Gasteiger partial charge < -0.3 is 10.1 Å². The molecule has 0 aromatic heterocycles. The van der Waals surface area contributed by atoms with Crippen molar-refractivity contribution in [2.45, 2.75) is 13.0 Å². The van der Waals surface area contributed by atoms with Gasteiger partial charge in [-0.2, -0.15) is 0 Å². The van der Waals surface area contributed by atoms with E-state index in [1.54, 1.807) is 13.0 Å². The van der Waals surface area contributed by atoms with Crippen LogP contribution in [0.1, 0.15) is 18.5 Å². The maximum Gasteiger partial charge on any atom is 0.150 e. The van der Waals surface area contributed by atoms with E-state index < -0.39 is 23.5 Å². The third kappa shape index (κ3) is 3.50. The van der Waals surface area contributed by atoms with Crippen molar-refractivity contribution in [1.29, 1.82) is 0 Å². The van der Waals surface area contributed by atoms with E-state index in [2.05, 4.69) is 21.2 Å². The molecule has 0 spiro atoms. The molecule has 1 atom stereocenters. The normalized spacial score (nSPS) is 12.1. The van der Waals surface area contributed by atoms with Gasteiger partial charge in [0.2, 0.25) is 0 Å². The Morgan fingerprint density at radius 1 is 1.05 bits per heavy atom. The Balaban J connectivity index is 2.28. The van der Waals surface area contributed by atoms with Gasteiger partial charge in [-0.25, -0.2) is 13.2 Å². The summed E-state index contributed by atoms with van der Waals surface area (Å²) in [5.74, 6) is -1.62. The summed E-state index contributed by atoms with van der Waals surface area (Å²) < 4.78 is 46.7. The predicted octanol–water partition coefficient (Wildman–Crippen LogP) is 5.05. The van der Waals surface area contributed by atoms with Gasteiger partial charge in [0, 0.05) is 16.1 Å². The Morgan fingerprint density at radius 2 is 1.67 bits per heavy atom. The summed E-state index contributed by atoms with van der Waals surface area (Å²) >= 11 is 3.00. The van der Waals surface area contributed by atoms with Crippen LogP contribution in [0.25, 0.3) is 0 Å². The van der Waals surface area contributed by atoms with Crippen LogP contribution in [0.2, 0.25) is 0 Å². The highest BCUT2D eigenvalue weighted by Gasteiger charge is 2.16. The van der Waals surface area contributed by atoms with Crippen LogP contribution in [0.3, 0.4) is 0 Å². The second-order valence-electron chi connectivity index (χ2n) is 4.50. The van der Waals surface area contributed by atoms with E-state index in [0.29, 0.717) is 10.2 Å². The first-order valence-corrected chi connectivity index (χ1v) is 6.96. The van der Waals surface area contributed by atoms with Gasteiger partial charge in [-0.15, -0.1) is 0 Å². The number of halogens is 4. The average molecular weight is 360 g/mol. The van der Waals surface area contributed by atoms with Crippen LogP contribution in [0.5, 0.6) is 5.75 Å². The molecule has 0 aliphatic carbocycles. The molecule has 1 N–H and O–H groups in total. The van der Waals surface area contributed by atoms with Crippen LogP contribution in [-0.4, -0.2) is 7.11 Å². The maximum atomic E-state index is 13.9. The molecule has 0 saturated heterocycles. The SMILES string of the molecule is COc1ccc(C(C)Nc2c(F)cc(Br)cc2F)c(F)c1. The van der Waals surface area contributed by atoms with Gasteiger partial charge in [0.25, 0.3) is 0 Å². The van der Waals surface area contributed by atoms with E-state index in [1.807, 2.05) is 0 Å². The fourth-order valence-electron chi connectivity index (χ4n) is 1.96. The maximum absolute atomic E-state index is 13.9. The molecule has 0 fully saturated rings. The van der Waals surface area contributed by atoms with E-state index in [1.165, 1.54) is 19.2 Å². The molecular weight excluding hydrogens is 347 g/mol. The quantitative estimate of drug-likeness (QED) is 0.824. The molecule has 2 rings (SSSR count). The van der Waals surface area contributed by atoms with E-state index in [-0.39, 0.29) is 11.3 Å². The zero-order valence-electron chi connectivity index (χ0n) is 11.4. The molecule has 21 heavy (non-hydrogen) atoms. The lowest BCUT2D eigenvalue weighted by Gasteiger charge is -2.18. The Hall–Kier alpha value is -1.69. The van der Waals surface area contributed by atoms with Gasteiger partial charge in [0.15, 0.2) is 0 Å². The Kier molecular flexibility index (Phi) is 4.77. The van der Waals surface area contributed by atoms with Crippen molar-refractivity contribution in [2.75, 3.05) is 12.4 Å². The molecule has 0 bridgehead atoms. The lowest BCUT2D eigenvalue weighted by Crippen LogP contribution is -2.11. The van der Waals surface area contributed by atoms with Crippen molar-refractivity contribution in [2.24, 2.45) is 0 Å². The molecule has 2 aromatic carbocycles. The van der Waals surface area contributed by atoms with Crippen molar-refractivity contribution in [3.05, 3.63) is 57.8 Å². The Labute approximate surface area is 129 Å². The smallest absolute Gasteiger partial charge is 0.150 e. The minimum atomic E-state index is -0.748. The third-order valence-electron chi connectivity index (χ3n) is 3.04. The number of hydrogen-bond donors (Lipinski definition) is 1. The first kappa shape index (κ1) is 15.7. The van der Waals surface area contributed by atoms with Crippen molar-refractivity contribution < 1.29 is 17.9 Å². The summed E-state index contributed by atoms with van der Waals surface area (Å²) in [4.78, 5) is 0. The molecule has 2 nitrogen and oxygen atoms in total. The highest BCUT2D eigenvalue weighted by molar-refractivity contribution is 9.10. The number of nitrogens with one attached hydrogen (secondary N) is 1. The molecule has 1 unspecified atom stereocenters. The van der Waals surface area contributed by atoms with Crippen molar-refractivity contribution in [3.8, 4) is 5.75 Å². The molecule has 0 amide bonds. The average Bonchev–Trinajstić information content (AvgIpc) is 2.42. The van der Waals surface area contributed by atoms with Gasteiger partial charge in [0.1, 0.15) is 28.9 Å². The van der Waals surface area contributed by atoms with E-state index in [4.69, 9.17) is 4.74 Å². The number of anilines is 1. The topological polar surface area (TPSA) is 21.3 Å². The van der Waals surface area contributed by atoms with Crippen LogP contribution in [0, 0.1) is 17.5 Å². The van der Waals surface area contributed by atoms with E-state index in [0.717, 1.165) is 12.1 Å². The molecule has 0 saturated carbocycles. The van der Waals surface area contributed by atoms with Crippen molar-refractivity contribution in [3.63, 3.8) is 0 Å². The Morgan fingerprint density at radius 3 is 2.19 bits per heavy atom. The summed E-state index contributed by atoms with van der Waals surface area (Å²) in [5, 5.41) is 2.65. The van der Waals surface area contributed by atoms with Gasteiger partial charge in [-0.3, -0.25) is 0 Å². The summed E-state index contributed by atoms with van der Waals surface area (Å²) in [5.41, 5.74) is -0.00145. The van der Waals surface area contributed by atoms with Crippen molar-refractivity contribution in [1.82, 2.24) is 0 Å². The molecule has 0 radical (unpaired) electrons. The van der Waals surface area contributed by atoms with Crippen LogP contribution in [-0.2, 0) is 0 Å². The predicted molar refractivity (Wildman–Crippen MR) is 79.0 cm³/mol. The minimum Gasteiger partial charge on any atom is -0.497 e. The van der Waals surface area contributed by atoms with E-state index in [9.17, 15) is 13.2 Å². The van der Waals surface area contributed by atoms with Crippen LogP contribution in [0.15, 0.2) is 34.8 Å². The van der Waals surface area contributed by atoms with Gasteiger partial charge in [-0.1, -0.05) is 22.0 Å². The third-order valence-corrected chi connectivity index (χ3v) is 3.50. The van der Waals surface area contributed by atoms with Crippen LogP contribution in [0.4, 0.5) is 18.9 Å². The summed E-state index contributed by atoms with van der Waals surface area (Å²) in [7, 11) is 1.43. The highest BCUT2D eigenvalue weighted by atomic mass is 79.9. The zero-order valence-corrected chi connectivity index (χ0v) is 13.0. The zero-order chi connectivity index (χ0) is 15.6. The van der Waals surface area contributed by atoms with Crippen LogP contribution < -0.4 is 10.1 Å². The summed E-state index contributed by atoms with van der Waals surface area (Å²) in [6, 6.07) is 6.00. The fraction of sp³-hybridized carbons (Fsp3) is 0.200. The largest absolute Gasteiger partial charge is 0.497 e. The summed E-state index contributed by atoms with van der Waals surface area (Å²) in [6.07, 6.45) is 0. The van der Waals surface area contributed by atoms with Crippen molar-refractivity contribution >= 4 is 21.6 Å². The number of benzene rings is 2. The molecule has 6 heteroatoms. The lowest BCUT2D eigenvalue weighted by molar-refractivity contribution is 0.410. The molecular formula is C15H13BrF3NO. The number of methoxy groups -OCH3 is 1. The standard InChI is InChI=1S/C15H13BrF3NO/c1-8(11-4-3-10(21-2)7-12(11)17)20-15-13(18)5-9(16)6-14(15)19/h3-8,20H,1-2H3. The van der Waals surface area contributed by atoms with E-state index >= 15 is 0 Å². The van der Waals surface area contributed by atoms with Gasteiger partial charge in [0.05, 0.1) is 13.2 Å². The molecule has 112 valence electrons. The summed E-state index contributed by atoms with van der Waals surface area (Å²) in [6.45, 7) is 1.62. The molecule has 0 aliphatic rings.